The van der Waals surface area contributed by atoms with Crippen LogP contribution in [0.25, 0.3) is 0 Å². The van der Waals surface area contributed by atoms with Gasteiger partial charge in [0.05, 0.1) is 12.2 Å². The molecule has 0 saturated carbocycles. The zero-order valence-corrected chi connectivity index (χ0v) is 9.23. The number of aliphatic hydroxyl groups excluding tert-OH is 1. The smallest absolute Gasteiger partial charge is 0.126 e. The number of aliphatic hydroxyl groups is 1. The zero-order valence-electron chi connectivity index (χ0n) is 9.23. The van der Waals surface area contributed by atoms with Crippen LogP contribution in [-0.4, -0.2) is 23.9 Å². The van der Waals surface area contributed by atoms with Crippen molar-refractivity contribution in [3.63, 3.8) is 0 Å². The van der Waals surface area contributed by atoms with Crippen molar-refractivity contribution in [1.29, 1.82) is 0 Å². The molecule has 1 N–H and O–H groups in total. The lowest BCUT2D eigenvalue weighted by Gasteiger charge is -2.27. The molecule has 1 fully saturated rings. The minimum atomic E-state index is -0.600. The predicted octanol–water partition coefficient (Wildman–Crippen LogP) is 2.30. The maximum absolute atomic E-state index is 13.4. The topological polar surface area (TPSA) is 29.5 Å². The summed E-state index contributed by atoms with van der Waals surface area (Å²) in [4.78, 5) is 0. The summed E-state index contributed by atoms with van der Waals surface area (Å²) in [6, 6.07) is 6.57. The van der Waals surface area contributed by atoms with E-state index in [0.29, 0.717) is 18.6 Å². The van der Waals surface area contributed by atoms with Gasteiger partial charge in [-0.2, -0.15) is 0 Å². The van der Waals surface area contributed by atoms with E-state index in [0.717, 1.165) is 19.3 Å². The van der Waals surface area contributed by atoms with Gasteiger partial charge in [0.2, 0.25) is 0 Å². The molecule has 0 bridgehead atoms. The second kappa shape index (κ2) is 5.41. The highest BCUT2D eigenvalue weighted by molar-refractivity contribution is 5.18. The van der Waals surface area contributed by atoms with Crippen molar-refractivity contribution in [2.24, 2.45) is 0 Å². The fourth-order valence-electron chi connectivity index (χ4n) is 2.09. The molecule has 0 radical (unpaired) electrons. The van der Waals surface area contributed by atoms with Crippen molar-refractivity contribution < 1.29 is 14.2 Å². The second-order valence-electron chi connectivity index (χ2n) is 4.27. The van der Waals surface area contributed by atoms with Gasteiger partial charge in [0.15, 0.2) is 0 Å². The second-order valence-corrected chi connectivity index (χ2v) is 4.27. The molecule has 2 nitrogen and oxygen atoms in total. The van der Waals surface area contributed by atoms with Gasteiger partial charge < -0.3 is 9.84 Å². The van der Waals surface area contributed by atoms with Crippen molar-refractivity contribution in [2.75, 3.05) is 6.61 Å². The Kier molecular flexibility index (Phi) is 3.91. The van der Waals surface area contributed by atoms with Crippen molar-refractivity contribution in [3.8, 4) is 0 Å². The van der Waals surface area contributed by atoms with Gasteiger partial charge in [-0.25, -0.2) is 4.39 Å². The van der Waals surface area contributed by atoms with E-state index in [-0.39, 0.29) is 11.9 Å². The highest BCUT2D eigenvalue weighted by Crippen LogP contribution is 2.19. The Hall–Kier alpha value is -0.930. The van der Waals surface area contributed by atoms with E-state index in [1.807, 2.05) is 0 Å². The summed E-state index contributed by atoms with van der Waals surface area (Å²) in [5.41, 5.74) is 0.559. The highest BCUT2D eigenvalue weighted by atomic mass is 19.1. The normalized spacial score (nSPS) is 23.0. The maximum Gasteiger partial charge on any atom is 0.126 e. The van der Waals surface area contributed by atoms with Crippen LogP contribution in [0.2, 0.25) is 0 Å². The van der Waals surface area contributed by atoms with Crippen molar-refractivity contribution in [3.05, 3.63) is 35.6 Å². The third-order valence-corrected chi connectivity index (χ3v) is 3.03. The van der Waals surface area contributed by atoms with Crippen LogP contribution in [0.5, 0.6) is 0 Å². The number of ether oxygens (including phenoxy) is 1. The van der Waals surface area contributed by atoms with Gasteiger partial charge in [-0.1, -0.05) is 18.2 Å². The lowest BCUT2D eigenvalue weighted by atomic mass is 9.98. The van der Waals surface area contributed by atoms with Crippen LogP contribution in [-0.2, 0) is 11.2 Å². The molecule has 0 spiro atoms. The molecule has 2 rings (SSSR count). The molecule has 1 saturated heterocycles. The van der Waals surface area contributed by atoms with E-state index >= 15 is 0 Å². The average Bonchev–Trinajstić information content (AvgIpc) is 2.33. The first-order valence-electron chi connectivity index (χ1n) is 5.80. The lowest BCUT2D eigenvalue weighted by molar-refractivity contribution is -0.0613. The van der Waals surface area contributed by atoms with Crippen LogP contribution >= 0.6 is 0 Å². The van der Waals surface area contributed by atoms with Crippen LogP contribution < -0.4 is 0 Å². The van der Waals surface area contributed by atoms with Gasteiger partial charge in [-0.05, 0) is 30.9 Å². The molecule has 16 heavy (non-hydrogen) atoms. The van der Waals surface area contributed by atoms with Gasteiger partial charge in [-0.15, -0.1) is 0 Å². The van der Waals surface area contributed by atoms with Crippen LogP contribution in [0.4, 0.5) is 4.39 Å². The Morgan fingerprint density at radius 3 is 2.88 bits per heavy atom. The van der Waals surface area contributed by atoms with Crippen molar-refractivity contribution in [2.45, 2.75) is 37.9 Å². The zero-order chi connectivity index (χ0) is 11.4. The van der Waals surface area contributed by atoms with E-state index in [2.05, 4.69) is 0 Å². The van der Waals surface area contributed by atoms with E-state index in [4.69, 9.17) is 4.74 Å². The van der Waals surface area contributed by atoms with Gasteiger partial charge >= 0.3 is 0 Å². The molecule has 1 aliphatic heterocycles. The van der Waals surface area contributed by atoms with E-state index in [1.54, 1.807) is 18.2 Å². The Morgan fingerprint density at radius 1 is 1.38 bits per heavy atom. The molecule has 1 aromatic rings. The molecular weight excluding hydrogens is 207 g/mol. The summed E-state index contributed by atoms with van der Waals surface area (Å²) in [5, 5.41) is 9.96. The molecule has 1 heterocycles. The fourth-order valence-corrected chi connectivity index (χ4v) is 2.09. The first-order valence-corrected chi connectivity index (χ1v) is 5.80. The van der Waals surface area contributed by atoms with Crippen molar-refractivity contribution >= 4 is 0 Å². The summed E-state index contributed by atoms with van der Waals surface area (Å²) in [7, 11) is 0. The third kappa shape index (κ3) is 2.80. The summed E-state index contributed by atoms with van der Waals surface area (Å²) in [6.07, 6.45) is 2.61. The predicted molar refractivity (Wildman–Crippen MR) is 59.7 cm³/mol. The van der Waals surface area contributed by atoms with Crippen LogP contribution in [0.15, 0.2) is 24.3 Å². The summed E-state index contributed by atoms with van der Waals surface area (Å²) < 4.78 is 18.8. The molecule has 88 valence electrons. The monoisotopic (exact) mass is 224 g/mol. The quantitative estimate of drug-likeness (QED) is 0.853. The SMILES string of the molecule is OC(Cc1ccccc1F)C1CCCCO1. The van der Waals surface area contributed by atoms with Crippen molar-refractivity contribution in [1.82, 2.24) is 0 Å². The molecule has 3 heteroatoms. The number of rotatable bonds is 3. The highest BCUT2D eigenvalue weighted by Gasteiger charge is 2.23. The van der Waals surface area contributed by atoms with Gasteiger partial charge in [0.25, 0.3) is 0 Å². The van der Waals surface area contributed by atoms with E-state index in [9.17, 15) is 9.50 Å². The Bertz CT molecular complexity index is 334. The van der Waals surface area contributed by atoms with Crippen LogP contribution in [0.3, 0.4) is 0 Å². The number of hydrogen-bond donors (Lipinski definition) is 1. The lowest BCUT2D eigenvalue weighted by Crippen LogP contribution is -2.33. The molecule has 0 amide bonds. The Balaban J connectivity index is 1.96. The third-order valence-electron chi connectivity index (χ3n) is 3.03. The fraction of sp³-hybridized carbons (Fsp3) is 0.538. The number of halogens is 1. The summed E-state index contributed by atoms with van der Waals surface area (Å²) in [5.74, 6) is -0.252. The van der Waals surface area contributed by atoms with Crippen LogP contribution in [0.1, 0.15) is 24.8 Å². The maximum atomic E-state index is 13.4. The standard InChI is InChI=1S/C13H17FO2/c14-11-6-2-1-5-10(11)9-12(15)13-7-3-4-8-16-13/h1-2,5-6,12-13,15H,3-4,7-9H2. The molecule has 0 aromatic heterocycles. The number of hydrogen-bond acceptors (Lipinski definition) is 2. The first kappa shape index (κ1) is 11.6. The van der Waals surface area contributed by atoms with E-state index < -0.39 is 6.10 Å². The van der Waals surface area contributed by atoms with Gasteiger partial charge in [-0.3, -0.25) is 0 Å². The Labute approximate surface area is 95.1 Å². The largest absolute Gasteiger partial charge is 0.390 e. The summed E-state index contributed by atoms with van der Waals surface area (Å²) >= 11 is 0. The molecule has 0 aliphatic carbocycles. The molecule has 2 unspecified atom stereocenters. The molecule has 1 aliphatic rings. The summed E-state index contributed by atoms with van der Waals surface area (Å²) in [6.45, 7) is 0.707. The molecule has 1 aromatic carbocycles. The van der Waals surface area contributed by atoms with E-state index in [1.165, 1.54) is 6.07 Å². The van der Waals surface area contributed by atoms with Gasteiger partial charge in [0, 0.05) is 13.0 Å². The van der Waals surface area contributed by atoms with Gasteiger partial charge in [0.1, 0.15) is 5.82 Å². The minimum Gasteiger partial charge on any atom is -0.390 e. The number of benzene rings is 1. The first-order chi connectivity index (χ1) is 7.77. The minimum absolute atomic E-state index is 0.131. The molecular formula is C13H17FO2. The van der Waals surface area contributed by atoms with Crippen LogP contribution in [0, 0.1) is 5.82 Å². The molecule has 2 atom stereocenters. The average molecular weight is 224 g/mol. The Morgan fingerprint density at radius 2 is 2.19 bits per heavy atom.